The molecule has 11 heteroatoms. The van der Waals surface area contributed by atoms with Gasteiger partial charge in [-0.25, -0.2) is 8.42 Å². The fourth-order valence-corrected chi connectivity index (χ4v) is 5.21. The maximum Gasteiger partial charge on any atom is 0.306 e. The van der Waals surface area contributed by atoms with E-state index in [2.05, 4.69) is 14.8 Å². The maximum atomic E-state index is 13.0. The molecule has 4 rings (SSSR count). The number of anilines is 1. The first-order valence-electron chi connectivity index (χ1n) is 10.4. The summed E-state index contributed by atoms with van der Waals surface area (Å²) in [5, 5.41) is 13.5. The number of benzene rings is 2. The number of nitrogens with one attached hydrogen (secondary N) is 1. The molecule has 2 aromatic carbocycles. The molecule has 10 nitrogen and oxygen atoms in total. The minimum atomic E-state index is -4.00. The topological polar surface area (TPSA) is 131 Å². The summed E-state index contributed by atoms with van der Waals surface area (Å²) < 4.78 is 44.5. The minimum Gasteiger partial charge on any atom is -0.496 e. The summed E-state index contributed by atoms with van der Waals surface area (Å²) in [4.78, 5) is 13.3. The molecule has 0 aliphatic carbocycles. The van der Waals surface area contributed by atoms with Gasteiger partial charge in [0.25, 0.3) is 10.0 Å². The van der Waals surface area contributed by atoms with Crippen LogP contribution >= 0.6 is 0 Å². The summed E-state index contributed by atoms with van der Waals surface area (Å²) in [5.74, 6) is -0.406. The van der Waals surface area contributed by atoms with Gasteiger partial charge in [-0.2, -0.15) is 0 Å². The molecule has 2 N–H and O–H groups in total. The number of carboxylic acids is 1. The average molecular weight is 476 g/mol. The summed E-state index contributed by atoms with van der Waals surface area (Å²) >= 11 is 0. The second kappa shape index (κ2) is 9.28. The molecule has 33 heavy (non-hydrogen) atoms. The van der Waals surface area contributed by atoms with Crippen molar-refractivity contribution >= 4 is 32.8 Å². The quantitative estimate of drug-likeness (QED) is 0.505. The second-order valence-corrected chi connectivity index (χ2v) is 9.50. The molecule has 0 saturated carbocycles. The zero-order chi connectivity index (χ0) is 23.6. The van der Waals surface area contributed by atoms with Gasteiger partial charge in [0.15, 0.2) is 11.4 Å². The Kier molecular flexibility index (Phi) is 6.43. The van der Waals surface area contributed by atoms with E-state index in [1.165, 1.54) is 20.3 Å². The van der Waals surface area contributed by atoms with E-state index in [9.17, 15) is 18.3 Å². The van der Waals surface area contributed by atoms with Gasteiger partial charge in [-0.05, 0) is 55.8 Å². The van der Waals surface area contributed by atoms with Crippen LogP contribution in [-0.2, 0) is 21.4 Å². The van der Waals surface area contributed by atoms with Gasteiger partial charge in [0, 0.05) is 6.54 Å². The lowest BCUT2D eigenvalue weighted by Gasteiger charge is -2.30. The summed E-state index contributed by atoms with van der Waals surface area (Å²) in [6.07, 6.45) is 1.21. The van der Waals surface area contributed by atoms with Crippen molar-refractivity contribution in [1.29, 1.82) is 0 Å². The van der Waals surface area contributed by atoms with Gasteiger partial charge >= 0.3 is 5.97 Å². The lowest BCUT2D eigenvalue weighted by atomic mass is 9.97. The van der Waals surface area contributed by atoms with Crippen LogP contribution in [0.25, 0.3) is 11.0 Å². The van der Waals surface area contributed by atoms with Crippen LogP contribution in [0.15, 0.2) is 45.8 Å². The van der Waals surface area contributed by atoms with Gasteiger partial charge in [-0.3, -0.25) is 14.4 Å². The molecule has 2 heterocycles. The number of fused-ring (bicyclic) bond motifs is 1. The normalized spacial score (nSPS) is 15.5. The van der Waals surface area contributed by atoms with E-state index in [1.54, 1.807) is 24.3 Å². The molecule has 1 fully saturated rings. The molecule has 1 saturated heterocycles. The van der Waals surface area contributed by atoms with Crippen molar-refractivity contribution < 1.29 is 32.3 Å². The highest BCUT2D eigenvalue weighted by Gasteiger charge is 2.26. The predicted molar refractivity (Wildman–Crippen MR) is 120 cm³/mol. The smallest absolute Gasteiger partial charge is 0.306 e. The number of para-hydroxylation sites is 1. The van der Waals surface area contributed by atoms with Crippen LogP contribution < -0.4 is 14.2 Å². The van der Waals surface area contributed by atoms with Crippen LogP contribution in [0, 0.1) is 5.92 Å². The molecular weight excluding hydrogens is 450 g/mol. The zero-order valence-corrected chi connectivity index (χ0v) is 19.1. The molecule has 176 valence electrons. The molecule has 0 amide bonds. The summed E-state index contributed by atoms with van der Waals surface area (Å²) in [7, 11) is -1.11. The van der Waals surface area contributed by atoms with E-state index < -0.39 is 16.0 Å². The number of aliphatic carboxylic acids is 1. The number of methoxy groups -OCH3 is 2. The number of piperidine rings is 1. The van der Waals surface area contributed by atoms with E-state index in [0.29, 0.717) is 49.2 Å². The largest absolute Gasteiger partial charge is 0.496 e. The maximum absolute atomic E-state index is 13.0. The Balaban J connectivity index is 1.59. The lowest BCUT2D eigenvalue weighted by Crippen LogP contribution is -2.35. The molecule has 1 aromatic heterocycles. The Morgan fingerprint density at radius 2 is 1.88 bits per heavy atom. The van der Waals surface area contributed by atoms with Crippen LogP contribution in [0.5, 0.6) is 11.5 Å². The molecule has 1 aliphatic heterocycles. The number of aromatic nitrogens is 1. The average Bonchev–Trinajstić information content (AvgIpc) is 3.20. The monoisotopic (exact) mass is 475 g/mol. The molecule has 0 spiro atoms. The third-order valence-electron chi connectivity index (χ3n) is 5.75. The molecule has 0 unspecified atom stereocenters. The Bertz CT molecular complexity index is 1260. The minimum absolute atomic E-state index is 0.0154. The molecule has 0 radical (unpaired) electrons. The number of likely N-dealkylation sites (tertiary alicyclic amines) is 1. The van der Waals surface area contributed by atoms with Gasteiger partial charge in [0.1, 0.15) is 21.8 Å². The van der Waals surface area contributed by atoms with Gasteiger partial charge in [-0.15, -0.1) is 0 Å². The first kappa shape index (κ1) is 22.9. The van der Waals surface area contributed by atoms with Crippen LogP contribution in [0.3, 0.4) is 0 Å². The highest BCUT2D eigenvalue weighted by atomic mass is 32.2. The number of ether oxygens (including phenoxy) is 2. The standard InChI is InChI=1S/C22H25N3O7S/c1-30-16-5-3-4-6-19(16)33(28,29)24-21-20-17(31-2)11-14(12-18(20)32-23-21)13-25-9-7-15(8-10-25)22(26)27/h3-6,11-12,15H,7-10,13H2,1-2H3,(H,23,24)(H,26,27). The fraction of sp³-hybridized carbons (Fsp3) is 0.364. The second-order valence-electron chi connectivity index (χ2n) is 7.85. The first-order chi connectivity index (χ1) is 15.8. The van der Waals surface area contributed by atoms with Crippen molar-refractivity contribution in [2.45, 2.75) is 24.3 Å². The van der Waals surface area contributed by atoms with Crippen LogP contribution in [0.1, 0.15) is 18.4 Å². The van der Waals surface area contributed by atoms with E-state index in [1.807, 2.05) is 6.07 Å². The number of carboxylic acid groups (broad SMARTS) is 1. The molecular formula is C22H25N3O7S. The highest BCUT2D eigenvalue weighted by Crippen LogP contribution is 2.36. The number of rotatable bonds is 8. The SMILES string of the molecule is COc1ccccc1S(=O)(=O)Nc1noc2cc(CN3CCC(C(=O)O)CC3)cc(OC)c12. The van der Waals surface area contributed by atoms with Crippen molar-refractivity contribution in [2.24, 2.45) is 5.92 Å². The lowest BCUT2D eigenvalue weighted by molar-refractivity contribution is -0.143. The van der Waals surface area contributed by atoms with Crippen LogP contribution in [-0.4, -0.2) is 56.9 Å². The third kappa shape index (κ3) is 4.74. The Morgan fingerprint density at radius 1 is 1.18 bits per heavy atom. The van der Waals surface area contributed by atoms with E-state index in [4.69, 9.17) is 14.0 Å². The van der Waals surface area contributed by atoms with E-state index >= 15 is 0 Å². The van der Waals surface area contributed by atoms with Crippen molar-refractivity contribution in [3.8, 4) is 11.5 Å². The zero-order valence-electron chi connectivity index (χ0n) is 18.3. The van der Waals surface area contributed by atoms with E-state index in [0.717, 1.165) is 5.56 Å². The predicted octanol–water partition coefficient (Wildman–Crippen LogP) is 2.94. The summed E-state index contributed by atoms with van der Waals surface area (Å²) in [5.41, 5.74) is 1.27. The van der Waals surface area contributed by atoms with Crippen molar-refractivity contribution in [2.75, 3.05) is 32.0 Å². The van der Waals surface area contributed by atoms with Gasteiger partial charge in [0.2, 0.25) is 0 Å². The highest BCUT2D eigenvalue weighted by molar-refractivity contribution is 7.92. The van der Waals surface area contributed by atoms with Gasteiger partial charge in [0.05, 0.1) is 20.1 Å². The van der Waals surface area contributed by atoms with Crippen molar-refractivity contribution in [3.63, 3.8) is 0 Å². The molecule has 3 aromatic rings. The Labute approximate surface area is 191 Å². The van der Waals surface area contributed by atoms with Gasteiger partial charge < -0.3 is 19.1 Å². The van der Waals surface area contributed by atoms with Crippen molar-refractivity contribution in [1.82, 2.24) is 10.1 Å². The molecule has 0 atom stereocenters. The molecule has 0 bridgehead atoms. The number of hydrogen-bond donors (Lipinski definition) is 2. The van der Waals surface area contributed by atoms with Gasteiger partial charge in [-0.1, -0.05) is 17.3 Å². The summed E-state index contributed by atoms with van der Waals surface area (Å²) in [6, 6.07) is 9.87. The van der Waals surface area contributed by atoms with Crippen LogP contribution in [0.4, 0.5) is 5.82 Å². The van der Waals surface area contributed by atoms with E-state index in [-0.39, 0.29) is 22.4 Å². The molecule has 1 aliphatic rings. The summed E-state index contributed by atoms with van der Waals surface area (Å²) in [6.45, 7) is 1.94. The Hall–Kier alpha value is -3.31. The van der Waals surface area contributed by atoms with Crippen LogP contribution in [0.2, 0.25) is 0 Å². The number of nitrogens with zero attached hydrogens (tertiary/aromatic N) is 2. The van der Waals surface area contributed by atoms with Crippen molar-refractivity contribution in [3.05, 3.63) is 42.0 Å². The fourth-order valence-electron chi connectivity index (χ4n) is 4.03. The number of hydrogen-bond acceptors (Lipinski definition) is 8. The number of carbonyl (C=O) groups is 1. The first-order valence-corrected chi connectivity index (χ1v) is 11.9. The number of sulfonamides is 1. The Morgan fingerprint density at radius 3 is 2.55 bits per heavy atom. The third-order valence-corrected chi connectivity index (χ3v) is 7.13.